The Balaban J connectivity index is 0.00000112. The largest absolute Gasteiger partial charge is 0.344 e. The molecule has 0 aromatic heterocycles. The Morgan fingerprint density at radius 1 is 1.00 bits per heavy atom. The molecule has 15 heavy (non-hydrogen) atoms. The molecule has 0 aliphatic carbocycles. The highest BCUT2D eigenvalue weighted by atomic mass is 15.2. The van der Waals surface area contributed by atoms with E-state index in [-0.39, 0.29) is 6.15 Å². The fraction of sp³-hybridized carbons (Fsp3) is 0.500. The van der Waals surface area contributed by atoms with Gasteiger partial charge in [-0.1, -0.05) is 30.3 Å². The van der Waals surface area contributed by atoms with Gasteiger partial charge in [0.15, 0.2) is 0 Å². The van der Waals surface area contributed by atoms with Crippen molar-refractivity contribution in [2.45, 2.75) is 6.54 Å². The van der Waals surface area contributed by atoms with E-state index in [2.05, 4.69) is 47.2 Å². The minimum Gasteiger partial charge on any atom is -0.344 e. The average Bonchev–Trinajstić information content (AvgIpc) is 2.23. The first-order valence-corrected chi connectivity index (χ1v) is 5.29. The molecule has 1 fully saturated rings. The molecule has 0 amide bonds. The average molecular weight is 207 g/mol. The summed E-state index contributed by atoms with van der Waals surface area (Å²) in [7, 11) is 2.19. The van der Waals surface area contributed by atoms with E-state index in [9.17, 15) is 0 Å². The van der Waals surface area contributed by atoms with E-state index in [1.54, 1.807) is 0 Å². The Morgan fingerprint density at radius 3 is 2.20 bits per heavy atom. The van der Waals surface area contributed by atoms with Crippen molar-refractivity contribution in [3.8, 4) is 0 Å². The van der Waals surface area contributed by atoms with Crippen molar-refractivity contribution in [3.63, 3.8) is 0 Å². The van der Waals surface area contributed by atoms with E-state index in [0.29, 0.717) is 0 Å². The summed E-state index contributed by atoms with van der Waals surface area (Å²) in [6.45, 7) is 5.91. The Morgan fingerprint density at radius 2 is 1.60 bits per heavy atom. The van der Waals surface area contributed by atoms with Gasteiger partial charge in [-0.3, -0.25) is 4.90 Å². The van der Waals surface area contributed by atoms with Gasteiger partial charge in [0.05, 0.1) is 0 Å². The van der Waals surface area contributed by atoms with Crippen LogP contribution in [0.4, 0.5) is 0 Å². The first-order chi connectivity index (χ1) is 6.84. The Labute approximate surface area is 92.3 Å². The van der Waals surface area contributed by atoms with Gasteiger partial charge in [0.2, 0.25) is 0 Å². The number of hydrogen-bond acceptors (Lipinski definition) is 3. The van der Waals surface area contributed by atoms with Gasteiger partial charge in [0, 0.05) is 32.7 Å². The minimum absolute atomic E-state index is 0. The molecule has 0 atom stereocenters. The van der Waals surface area contributed by atoms with Crippen LogP contribution >= 0.6 is 0 Å². The molecular weight excluding hydrogens is 186 g/mol. The van der Waals surface area contributed by atoms with Crippen LogP contribution in [0.3, 0.4) is 0 Å². The van der Waals surface area contributed by atoms with Crippen LogP contribution in [0.15, 0.2) is 30.3 Å². The molecule has 1 aromatic rings. The molecule has 3 heteroatoms. The fourth-order valence-corrected chi connectivity index (χ4v) is 1.85. The molecule has 84 valence electrons. The van der Waals surface area contributed by atoms with Gasteiger partial charge in [0.25, 0.3) is 0 Å². The minimum atomic E-state index is 0. The number of rotatable bonds is 2. The zero-order valence-corrected chi connectivity index (χ0v) is 9.52. The van der Waals surface area contributed by atoms with Gasteiger partial charge in [-0.25, -0.2) is 0 Å². The third-order valence-electron chi connectivity index (χ3n) is 2.84. The molecule has 1 heterocycles. The number of likely N-dealkylation sites (N-methyl/N-ethyl adjacent to an activating group) is 1. The van der Waals surface area contributed by atoms with E-state index in [0.717, 1.165) is 6.54 Å². The summed E-state index contributed by atoms with van der Waals surface area (Å²) in [5, 5.41) is 0. The monoisotopic (exact) mass is 207 g/mol. The lowest BCUT2D eigenvalue weighted by molar-refractivity contribution is 0.148. The number of hydrogen-bond donors (Lipinski definition) is 1. The van der Waals surface area contributed by atoms with Crippen molar-refractivity contribution < 1.29 is 0 Å². The van der Waals surface area contributed by atoms with Crippen molar-refractivity contribution in [2.75, 3.05) is 33.2 Å². The van der Waals surface area contributed by atoms with Crippen molar-refractivity contribution in [3.05, 3.63) is 35.9 Å². The van der Waals surface area contributed by atoms with Crippen LogP contribution in [0, 0.1) is 0 Å². The zero-order chi connectivity index (χ0) is 9.80. The van der Waals surface area contributed by atoms with Gasteiger partial charge in [0.1, 0.15) is 0 Å². The fourth-order valence-electron chi connectivity index (χ4n) is 1.85. The van der Waals surface area contributed by atoms with E-state index in [4.69, 9.17) is 0 Å². The molecule has 0 radical (unpaired) electrons. The van der Waals surface area contributed by atoms with E-state index >= 15 is 0 Å². The summed E-state index contributed by atoms with van der Waals surface area (Å²) in [6, 6.07) is 10.7. The molecule has 1 aromatic carbocycles. The van der Waals surface area contributed by atoms with Gasteiger partial charge in [-0.05, 0) is 12.6 Å². The van der Waals surface area contributed by atoms with Crippen molar-refractivity contribution in [2.24, 2.45) is 0 Å². The number of piperazine rings is 1. The predicted molar refractivity (Wildman–Crippen MR) is 64.2 cm³/mol. The predicted octanol–water partition coefficient (Wildman–Crippen LogP) is 1.60. The van der Waals surface area contributed by atoms with E-state index in [1.807, 2.05) is 0 Å². The summed E-state index contributed by atoms with van der Waals surface area (Å²) >= 11 is 0. The third kappa shape index (κ3) is 3.63. The molecule has 1 aliphatic heterocycles. The topological polar surface area (TPSA) is 41.5 Å². The van der Waals surface area contributed by atoms with Gasteiger partial charge in [-0.2, -0.15) is 0 Å². The molecule has 3 nitrogen and oxygen atoms in total. The van der Waals surface area contributed by atoms with Crippen LogP contribution in [0.25, 0.3) is 0 Å². The summed E-state index contributed by atoms with van der Waals surface area (Å²) in [5.74, 6) is 0. The summed E-state index contributed by atoms with van der Waals surface area (Å²) in [6.07, 6.45) is 0. The lowest BCUT2D eigenvalue weighted by atomic mass is 10.2. The Hall–Kier alpha value is -0.900. The summed E-state index contributed by atoms with van der Waals surface area (Å²) in [5.41, 5.74) is 1.43. The number of benzene rings is 1. The van der Waals surface area contributed by atoms with Crippen LogP contribution in [0.5, 0.6) is 0 Å². The Bertz CT molecular complexity index is 265. The van der Waals surface area contributed by atoms with Crippen LogP contribution in [-0.2, 0) is 6.54 Å². The van der Waals surface area contributed by atoms with Crippen LogP contribution in [0.2, 0.25) is 0 Å². The Kier molecular flexibility index (Phi) is 4.75. The first kappa shape index (κ1) is 12.2. The molecule has 0 saturated carbocycles. The van der Waals surface area contributed by atoms with Crippen molar-refractivity contribution in [1.29, 1.82) is 0 Å². The zero-order valence-electron chi connectivity index (χ0n) is 9.52. The smallest absolute Gasteiger partial charge is 0.0234 e. The summed E-state index contributed by atoms with van der Waals surface area (Å²) < 4.78 is 0. The molecule has 0 spiro atoms. The highest BCUT2D eigenvalue weighted by molar-refractivity contribution is 5.14. The normalized spacial score (nSPS) is 18.5. The molecule has 1 saturated heterocycles. The maximum Gasteiger partial charge on any atom is 0.0234 e. The van der Waals surface area contributed by atoms with E-state index < -0.39 is 0 Å². The lowest BCUT2D eigenvalue weighted by Crippen LogP contribution is -2.43. The second-order valence-electron chi connectivity index (χ2n) is 4.07. The summed E-state index contributed by atoms with van der Waals surface area (Å²) in [4.78, 5) is 4.91. The molecule has 0 bridgehead atoms. The molecular formula is C12H21N3. The maximum atomic E-state index is 2.52. The molecule has 3 N–H and O–H groups in total. The van der Waals surface area contributed by atoms with Crippen molar-refractivity contribution >= 4 is 0 Å². The lowest BCUT2D eigenvalue weighted by Gasteiger charge is -2.32. The highest BCUT2D eigenvalue weighted by Crippen LogP contribution is 2.06. The molecule has 0 unspecified atom stereocenters. The van der Waals surface area contributed by atoms with Crippen LogP contribution < -0.4 is 6.15 Å². The second kappa shape index (κ2) is 5.85. The second-order valence-corrected chi connectivity index (χ2v) is 4.07. The maximum absolute atomic E-state index is 2.52. The van der Waals surface area contributed by atoms with Crippen LogP contribution in [0.1, 0.15) is 5.56 Å². The number of nitrogens with zero attached hydrogens (tertiary/aromatic N) is 2. The molecule has 1 aliphatic rings. The first-order valence-electron chi connectivity index (χ1n) is 5.29. The quantitative estimate of drug-likeness (QED) is 0.801. The van der Waals surface area contributed by atoms with Crippen molar-refractivity contribution in [1.82, 2.24) is 16.0 Å². The van der Waals surface area contributed by atoms with E-state index in [1.165, 1.54) is 31.7 Å². The third-order valence-corrected chi connectivity index (χ3v) is 2.84. The van der Waals surface area contributed by atoms with Gasteiger partial charge in [-0.15, -0.1) is 0 Å². The van der Waals surface area contributed by atoms with Crippen LogP contribution in [-0.4, -0.2) is 43.0 Å². The SMILES string of the molecule is CN1CCN(Cc2ccccc2)CC1.N. The standard InChI is InChI=1S/C12H18N2.H3N/c1-13-7-9-14(10-8-13)11-12-5-3-2-4-6-12;/h2-6H,7-11H2,1H3;1H3. The van der Waals surface area contributed by atoms with Gasteiger partial charge < -0.3 is 11.1 Å². The molecule has 2 rings (SSSR count). The highest BCUT2D eigenvalue weighted by Gasteiger charge is 2.13. The van der Waals surface area contributed by atoms with Gasteiger partial charge >= 0.3 is 0 Å².